The topological polar surface area (TPSA) is 602 Å². The molecule has 0 aliphatic carbocycles. The Balaban J connectivity index is 5.24. The molecule has 0 radical (unpaired) electrons. The number of hydrogen-bond donors (Lipinski definition) is 20. The van der Waals surface area contributed by atoms with Gasteiger partial charge >= 0.3 is 35.8 Å². The minimum absolute atomic E-state index is 0.0418. The minimum Gasteiger partial charge on any atom is -0.481 e. The van der Waals surface area contributed by atoms with E-state index in [0.717, 1.165) is 77.0 Å². The second-order valence-electron chi connectivity index (χ2n) is 22.9. The first kappa shape index (κ1) is 88.1. The maximum atomic E-state index is 13.4. The first-order valence-corrected chi connectivity index (χ1v) is 33.0. The zero-order valence-corrected chi connectivity index (χ0v) is 56.1. The summed E-state index contributed by atoms with van der Waals surface area (Å²) in [6, 6.07) is -14.7. The second kappa shape index (κ2) is 51.4. The lowest BCUT2D eigenvalue weighted by molar-refractivity contribution is -0.144. The van der Waals surface area contributed by atoms with Gasteiger partial charge in [0.1, 0.15) is 48.3 Å². The summed E-state index contributed by atoms with van der Waals surface area (Å²) in [6.07, 6.45) is 7.47. The normalized spacial score (nSPS) is 14.1. The van der Waals surface area contributed by atoms with Gasteiger partial charge in [-0.2, -0.15) is 0 Å². The summed E-state index contributed by atoms with van der Waals surface area (Å²) >= 11 is 1.73. The number of aliphatic hydroxyl groups is 3. The number of aliphatic carboxylic acids is 6. The summed E-state index contributed by atoms with van der Waals surface area (Å²) < 4.78 is 2.74. The average molecular weight is 1490 g/mol. The molecule has 37 heteroatoms. The van der Waals surface area contributed by atoms with E-state index in [0.29, 0.717) is 25.7 Å². The Morgan fingerprint density at radius 2 is 0.635 bits per heavy atom. The van der Waals surface area contributed by atoms with Gasteiger partial charge in [0.15, 0.2) is 0 Å². The van der Waals surface area contributed by atoms with Crippen molar-refractivity contribution >= 4 is 118 Å². The van der Waals surface area contributed by atoms with Gasteiger partial charge in [0.25, 0.3) is 0 Å². The number of carbonyl (C=O) groups excluding carboxylic acids is 10. The van der Waals surface area contributed by atoms with Crippen molar-refractivity contribution in [3.63, 3.8) is 0 Å². The molecule has 0 fully saturated rings. The highest BCUT2D eigenvalue weighted by Gasteiger charge is 2.34. The Morgan fingerprint density at radius 1 is 0.333 bits per heavy atom. The van der Waals surface area contributed by atoms with Gasteiger partial charge in [-0.3, -0.25) is 57.5 Å². The first-order chi connectivity index (χ1) is 45.4. The Kier molecular flexibility index (Phi) is 47.1. The summed E-state index contributed by atoms with van der Waals surface area (Å²) in [5.41, 5.74) is 5.21. The van der Waals surface area contributed by atoms with Gasteiger partial charge in [-0.1, -0.05) is 77.0 Å². The number of hydrogen-bond acceptors (Lipinski definition) is 20. The van der Waals surface area contributed by atoms with Crippen LogP contribution in [0.4, 0.5) is 0 Å². The molecule has 0 heterocycles. The largest absolute Gasteiger partial charge is 0.481 e. The van der Waals surface area contributed by atoms with Crippen LogP contribution in [0.3, 0.4) is 0 Å². The van der Waals surface area contributed by atoms with Gasteiger partial charge in [-0.05, 0) is 71.1 Å². The molecule has 0 saturated heterocycles. The van der Waals surface area contributed by atoms with Crippen LogP contribution in [0.5, 0.6) is 0 Å². The molecule has 10 amide bonds. The summed E-state index contributed by atoms with van der Waals surface area (Å²) in [5.74, 6) is -18.4. The average Bonchev–Trinajstić information content (AvgIpc) is 1.39. The molecule has 0 unspecified atom stereocenters. The molecule has 0 saturated carbocycles. The molecule has 21 N–H and O–H groups in total. The van der Waals surface area contributed by atoms with E-state index < -0.39 is 233 Å². The van der Waals surface area contributed by atoms with Crippen molar-refractivity contribution in [1.29, 1.82) is 0 Å². The Morgan fingerprint density at radius 3 is 1.00 bits per heavy atom. The third-order valence-corrected chi connectivity index (χ3v) is 15.7. The minimum atomic E-state index is -2.01. The van der Waals surface area contributed by atoms with Crippen molar-refractivity contribution in [1.82, 2.24) is 51.4 Å². The Labute approximate surface area is 568 Å². The number of amides is 10. The van der Waals surface area contributed by atoms with E-state index in [1.54, 1.807) is 22.9 Å². The van der Waals surface area contributed by atoms with Crippen LogP contribution in [0, 0.1) is 0 Å². The van der Waals surface area contributed by atoms with Gasteiger partial charge in [0, 0.05) is 74.4 Å². The number of nitrogens with two attached hydrogens (primary N) is 1. The Bertz CT molecular complexity index is 2550. The lowest BCUT2D eigenvalue weighted by Gasteiger charge is -2.25. The molecule has 0 aromatic heterocycles. The number of primary amides is 1. The number of carbonyl (C=O) groups is 16. The molecule has 96 heavy (non-hydrogen) atoms. The monoisotopic (exact) mass is 1490 g/mol. The van der Waals surface area contributed by atoms with Crippen LogP contribution in [0.1, 0.15) is 193 Å². The number of rotatable bonds is 58. The predicted molar refractivity (Wildman–Crippen MR) is 344 cm³/mol. The maximum Gasteiger partial charge on any atom is 0.326 e. The highest BCUT2D eigenvalue weighted by Crippen LogP contribution is 2.15. The highest BCUT2D eigenvalue weighted by atomic mass is 127. The lowest BCUT2D eigenvalue weighted by atomic mass is 10.0. The van der Waals surface area contributed by atoms with Gasteiger partial charge in [0.05, 0.1) is 25.4 Å². The van der Waals surface area contributed by atoms with Gasteiger partial charge in [-0.25, -0.2) is 22.7 Å². The molecule has 0 bridgehead atoms. The molecule has 546 valence electrons. The number of aliphatic hydroxyl groups excluding tert-OH is 3. The van der Waals surface area contributed by atoms with Crippen molar-refractivity contribution in [2.24, 2.45) is 5.73 Å². The van der Waals surface area contributed by atoms with Gasteiger partial charge in [0.2, 0.25) is 59.1 Å². The number of carboxylic acid groups (broad SMARTS) is 6. The number of carboxylic acids is 6. The van der Waals surface area contributed by atoms with Crippen LogP contribution in [0.25, 0.3) is 0 Å². The second-order valence-corrected chi connectivity index (χ2v) is 23.6. The molecular weight excluding hydrogens is 1390 g/mol. The van der Waals surface area contributed by atoms with E-state index >= 15 is 0 Å². The molecular formula is C59H98IN11O25. The van der Waals surface area contributed by atoms with E-state index in [1.807, 2.05) is 10.6 Å². The maximum absolute atomic E-state index is 13.4. The molecule has 0 aromatic carbocycles. The van der Waals surface area contributed by atoms with Crippen LogP contribution < -0.4 is 57.1 Å². The van der Waals surface area contributed by atoms with E-state index in [4.69, 9.17) is 10.8 Å². The van der Waals surface area contributed by atoms with E-state index in [-0.39, 0.29) is 25.8 Å². The van der Waals surface area contributed by atoms with Crippen LogP contribution in [0.15, 0.2) is 0 Å². The fourth-order valence-electron chi connectivity index (χ4n) is 9.33. The molecule has 0 aliphatic heterocycles. The molecule has 0 aromatic rings. The number of halogens is 1. The highest BCUT2D eigenvalue weighted by molar-refractivity contribution is 14.1. The fourth-order valence-corrected chi connectivity index (χ4v) is 9.92. The first-order valence-electron chi connectivity index (χ1n) is 31.9. The van der Waals surface area contributed by atoms with Gasteiger partial charge < -0.3 is 99.5 Å². The van der Waals surface area contributed by atoms with E-state index in [9.17, 15) is 118 Å². The molecule has 10 atom stereocenters. The third-order valence-electron chi connectivity index (χ3n) is 14.9. The number of unbranched alkanes of at least 4 members (excludes halogenated alkanes) is 14. The lowest BCUT2D eigenvalue weighted by Crippen LogP contribution is -2.59. The van der Waals surface area contributed by atoms with Crippen LogP contribution in [-0.4, -0.2) is 221 Å². The van der Waals surface area contributed by atoms with Crippen LogP contribution in [-0.2, 0) is 76.7 Å². The predicted octanol–water partition coefficient (Wildman–Crippen LogP) is -2.04. The molecule has 36 nitrogen and oxygen atoms in total. The summed E-state index contributed by atoms with van der Waals surface area (Å²) in [6.45, 7) is -1.02. The SMILES string of the molecule is C[C@@H](O)[C@H](NC(=O)[C@H](CCCCNC(=O)CC[C@H](NC(=O)CC[C@H](NC(=O)[C@H](CO)NC(=O)[C@H](CCC(=O)O)NC(=O)[C@H](CO)NC(=O)CC[C@H](NC(=O)CC[C@H](NC(=O)CCCCCCCCCCCCCCCCC(=O)O)C(=O)O)C(=O)O)C(=O)O)C(=O)O)NI)C(N)=O. The molecule has 0 spiro atoms. The summed E-state index contributed by atoms with van der Waals surface area (Å²) in [7, 11) is 0. The number of nitrogens with one attached hydrogen (secondary N) is 10. The van der Waals surface area contributed by atoms with Crippen molar-refractivity contribution in [3.05, 3.63) is 0 Å². The molecule has 0 rings (SSSR count). The quantitative estimate of drug-likeness (QED) is 0.0177. The van der Waals surface area contributed by atoms with Crippen molar-refractivity contribution < 1.29 is 123 Å². The van der Waals surface area contributed by atoms with Gasteiger partial charge in [-0.15, -0.1) is 0 Å². The van der Waals surface area contributed by atoms with E-state index in [1.165, 1.54) is 6.92 Å². The molecule has 0 aliphatic rings. The van der Waals surface area contributed by atoms with Crippen molar-refractivity contribution in [2.45, 2.75) is 254 Å². The fraction of sp³-hybridized carbons (Fsp3) is 0.729. The summed E-state index contributed by atoms with van der Waals surface area (Å²) in [5, 5.41) is 106. The zero-order valence-electron chi connectivity index (χ0n) is 53.9. The summed E-state index contributed by atoms with van der Waals surface area (Å²) in [4.78, 5) is 198. The standard InChI is InChI=1S/C59H98IN11O25/c1-34(74)50(51(61)84)70-53(86)36(71-60)18-16-17-31-62-43(75)26-21-37(56(89)90)64-46(78)29-24-40(59(95)96)68-55(88)42(33-73)69-52(85)35(25-30-49(82)83)67-54(87)41(32-72)66-47(79)28-23-39(58(93)94)65-45(77)27-22-38(57(91)92)63-44(76)19-14-12-10-8-6-4-2-3-5-7-9-11-13-15-20-48(80)81/h34-42,50,71-74H,2-33H2,1H3,(H2,61,84)(H,62,75)(H,63,76)(H,64,78)(H,65,77)(H,66,79)(H,67,87)(H,68,88)(H,69,85)(H,70,86)(H,80,81)(H,82,83)(H,89,90)(H,91,92)(H,93,94)(H,95,96)/t34-,35+,36+,37+,38+,39+,40+,41+,42+,50+/m1/s1. The third kappa shape index (κ3) is 41.8. The van der Waals surface area contributed by atoms with E-state index in [2.05, 4.69) is 40.7 Å². The zero-order chi connectivity index (χ0) is 72.7. The van der Waals surface area contributed by atoms with Crippen LogP contribution in [0.2, 0.25) is 0 Å². The van der Waals surface area contributed by atoms with Crippen molar-refractivity contribution in [2.75, 3.05) is 19.8 Å². The smallest absolute Gasteiger partial charge is 0.326 e. The Hall–Kier alpha value is -7.91. The van der Waals surface area contributed by atoms with Crippen molar-refractivity contribution in [3.8, 4) is 0 Å². The van der Waals surface area contributed by atoms with Crippen LogP contribution >= 0.6 is 22.9 Å².